The summed E-state index contributed by atoms with van der Waals surface area (Å²) >= 11 is 0. The Morgan fingerprint density at radius 1 is 1.12 bits per heavy atom. The maximum atomic E-state index is 11.7. The molecule has 3 N–H and O–H groups in total. The van der Waals surface area contributed by atoms with Crippen LogP contribution in [0.15, 0.2) is 48.5 Å². The molecule has 0 saturated heterocycles. The SMILES string of the molecule is COc1cccc(CNC(=O)NCCNc2ccc([N+](=O)[O-])cc2)c1. The van der Waals surface area contributed by atoms with Gasteiger partial charge in [0.05, 0.1) is 12.0 Å². The molecule has 0 aliphatic carbocycles. The van der Waals surface area contributed by atoms with E-state index in [0.717, 1.165) is 17.0 Å². The maximum absolute atomic E-state index is 11.7. The van der Waals surface area contributed by atoms with Crippen LogP contribution >= 0.6 is 0 Å². The number of urea groups is 1. The monoisotopic (exact) mass is 344 g/mol. The second-order valence-electron chi connectivity index (χ2n) is 5.19. The Balaban J connectivity index is 1.65. The number of methoxy groups -OCH3 is 1. The van der Waals surface area contributed by atoms with E-state index < -0.39 is 4.92 Å². The molecule has 25 heavy (non-hydrogen) atoms. The highest BCUT2D eigenvalue weighted by Gasteiger charge is 2.04. The molecule has 8 nitrogen and oxygen atoms in total. The first-order valence-corrected chi connectivity index (χ1v) is 7.71. The molecule has 2 aromatic rings. The molecule has 0 saturated carbocycles. The lowest BCUT2D eigenvalue weighted by atomic mass is 10.2. The summed E-state index contributed by atoms with van der Waals surface area (Å²) in [5.74, 6) is 0.743. The van der Waals surface area contributed by atoms with Crippen LogP contribution in [0.2, 0.25) is 0 Å². The van der Waals surface area contributed by atoms with Crippen LogP contribution in [0.25, 0.3) is 0 Å². The first-order valence-electron chi connectivity index (χ1n) is 7.71. The largest absolute Gasteiger partial charge is 0.497 e. The third-order valence-electron chi connectivity index (χ3n) is 3.41. The van der Waals surface area contributed by atoms with E-state index >= 15 is 0 Å². The number of nitrogens with one attached hydrogen (secondary N) is 3. The fourth-order valence-electron chi connectivity index (χ4n) is 2.11. The fourth-order valence-corrected chi connectivity index (χ4v) is 2.11. The average molecular weight is 344 g/mol. The molecular formula is C17H20N4O4. The Bertz CT molecular complexity index is 719. The van der Waals surface area contributed by atoms with Gasteiger partial charge in [-0.05, 0) is 29.8 Å². The number of non-ortho nitro benzene ring substituents is 1. The number of nitro groups is 1. The lowest BCUT2D eigenvalue weighted by Gasteiger charge is -2.10. The second-order valence-corrected chi connectivity index (χ2v) is 5.19. The minimum absolute atomic E-state index is 0.0422. The number of anilines is 1. The molecule has 0 radical (unpaired) electrons. The van der Waals surface area contributed by atoms with E-state index in [4.69, 9.17) is 4.74 Å². The topological polar surface area (TPSA) is 106 Å². The minimum Gasteiger partial charge on any atom is -0.497 e. The summed E-state index contributed by atoms with van der Waals surface area (Å²) in [7, 11) is 1.59. The van der Waals surface area contributed by atoms with Crippen molar-refractivity contribution in [2.75, 3.05) is 25.5 Å². The van der Waals surface area contributed by atoms with Crippen molar-refractivity contribution < 1.29 is 14.5 Å². The standard InChI is InChI=1S/C17H20N4O4/c1-25-16-4-2-3-13(11-16)12-20-17(22)19-10-9-18-14-5-7-15(8-6-14)21(23)24/h2-8,11,18H,9-10,12H2,1H3,(H2,19,20,22). The van der Waals surface area contributed by atoms with Gasteiger partial charge >= 0.3 is 6.03 Å². The van der Waals surface area contributed by atoms with Gasteiger partial charge in [-0.25, -0.2) is 4.79 Å². The van der Waals surface area contributed by atoms with Gasteiger partial charge in [-0.1, -0.05) is 12.1 Å². The van der Waals surface area contributed by atoms with E-state index in [2.05, 4.69) is 16.0 Å². The summed E-state index contributed by atoms with van der Waals surface area (Å²) in [6.45, 7) is 1.32. The number of nitro benzene ring substituents is 1. The van der Waals surface area contributed by atoms with Crippen molar-refractivity contribution in [3.63, 3.8) is 0 Å². The van der Waals surface area contributed by atoms with Crippen LogP contribution in [0.1, 0.15) is 5.56 Å². The van der Waals surface area contributed by atoms with Gasteiger partial charge in [0, 0.05) is 37.5 Å². The van der Waals surface area contributed by atoms with Crippen molar-refractivity contribution >= 4 is 17.4 Å². The molecule has 0 unspecified atom stereocenters. The van der Waals surface area contributed by atoms with Crippen LogP contribution < -0.4 is 20.7 Å². The third-order valence-corrected chi connectivity index (χ3v) is 3.41. The Morgan fingerprint density at radius 2 is 1.88 bits per heavy atom. The fraction of sp³-hybridized carbons (Fsp3) is 0.235. The molecule has 2 rings (SSSR count). The number of hydrogen-bond donors (Lipinski definition) is 3. The van der Waals surface area contributed by atoms with Gasteiger partial charge in [-0.3, -0.25) is 10.1 Å². The van der Waals surface area contributed by atoms with Gasteiger partial charge in [0.2, 0.25) is 0 Å². The maximum Gasteiger partial charge on any atom is 0.315 e. The molecule has 0 atom stereocenters. The molecule has 0 bridgehead atoms. The number of carbonyl (C=O) groups is 1. The van der Waals surface area contributed by atoms with Crippen LogP contribution in [-0.2, 0) is 6.54 Å². The summed E-state index contributed by atoms with van der Waals surface area (Å²) in [4.78, 5) is 21.9. The van der Waals surface area contributed by atoms with Gasteiger partial charge in [0.15, 0.2) is 0 Å². The molecule has 0 aliphatic rings. The van der Waals surface area contributed by atoms with Gasteiger partial charge in [-0.15, -0.1) is 0 Å². The number of nitrogens with zero attached hydrogens (tertiary/aromatic N) is 1. The minimum atomic E-state index is -0.446. The van der Waals surface area contributed by atoms with Crippen molar-refractivity contribution in [1.29, 1.82) is 0 Å². The van der Waals surface area contributed by atoms with Gasteiger partial charge in [-0.2, -0.15) is 0 Å². The van der Waals surface area contributed by atoms with E-state index in [0.29, 0.717) is 19.6 Å². The summed E-state index contributed by atoms with van der Waals surface area (Å²) in [6, 6.07) is 13.3. The Morgan fingerprint density at radius 3 is 2.56 bits per heavy atom. The summed E-state index contributed by atoms with van der Waals surface area (Å²) in [5, 5.41) is 19.1. The van der Waals surface area contributed by atoms with E-state index in [-0.39, 0.29) is 11.7 Å². The molecular weight excluding hydrogens is 324 g/mol. The summed E-state index contributed by atoms with van der Waals surface area (Å²) in [5.41, 5.74) is 1.74. The summed E-state index contributed by atoms with van der Waals surface area (Å²) < 4.78 is 5.13. The number of rotatable bonds is 8. The highest BCUT2D eigenvalue weighted by Crippen LogP contribution is 2.15. The van der Waals surface area contributed by atoms with Crippen LogP contribution in [-0.4, -0.2) is 31.2 Å². The predicted molar refractivity (Wildman–Crippen MR) is 94.8 cm³/mol. The molecule has 2 amide bonds. The highest BCUT2D eigenvalue weighted by molar-refractivity contribution is 5.73. The Kier molecular flexibility index (Phi) is 6.58. The number of hydrogen-bond acceptors (Lipinski definition) is 5. The van der Waals surface area contributed by atoms with Crippen molar-refractivity contribution in [3.8, 4) is 5.75 Å². The first kappa shape index (κ1) is 18.1. The van der Waals surface area contributed by atoms with Crippen LogP contribution in [0.3, 0.4) is 0 Å². The van der Waals surface area contributed by atoms with Crippen molar-refractivity contribution in [1.82, 2.24) is 10.6 Å². The zero-order valence-electron chi connectivity index (χ0n) is 13.8. The Hall–Kier alpha value is -3.29. The molecule has 2 aromatic carbocycles. The Labute approximate surface area is 145 Å². The van der Waals surface area contributed by atoms with Gasteiger partial charge in [0.1, 0.15) is 5.75 Å². The van der Waals surface area contributed by atoms with E-state index in [1.54, 1.807) is 19.2 Å². The lowest BCUT2D eigenvalue weighted by Crippen LogP contribution is -2.37. The third kappa shape index (κ3) is 6.02. The smallest absolute Gasteiger partial charge is 0.315 e. The molecule has 132 valence electrons. The number of carbonyl (C=O) groups excluding carboxylic acids is 1. The number of benzene rings is 2. The second kappa shape index (κ2) is 9.11. The van der Waals surface area contributed by atoms with Crippen molar-refractivity contribution in [3.05, 3.63) is 64.2 Å². The zero-order chi connectivity index (χ0) is 18.1. The quantitative estimate of drug-likeness (QED) is 0.388. The number of ether oxygens (including phenoxy) is 1. The van der Waals surface area contributed by atoms with E-state index in [9.17, 15) is 14.9 Å². The van der Waals surface area contributed by atoms with Crippen LogP contribution in [0.5, 0.6) is 5.75 Å². The van der Waals surface area contributed by atoms with E-state index in [1.165, 1.54) is 12.1 Å². The van der Waals surface area contributed by atoms with E-state index in [1.807, 2.05) is 24.3 Å². The highest BCUT2D eigenvalue weighted by atomic mass is 16.6. The first-order chi connectivity index (χ1) is 12.1. The van der Waals surface area contributed by atoms with Crippen molar-refractivity contribution in [2.45, 2.75) is 6.54 Å². The summed E-state index contributed by atoms with van der Waals surface area (Å²) in [6.07, 6.45) is 0. The van der Waals surface area contributed by atoms with Crippen LogP contribution in [0, 0.1) is 10.1 Å². The predicted octanol–water partition coefficient (Wildman–Crippen LogP) is 2.51. The van der Waals surface area contributed by atoms with Gasteiger partial charge < -0.3 is 20.7 Å². The average Bonchev–Trinajstić information content (AvgIpc) is 2.64. The molecule has 0 aliphatic heterocycles. The molecule has 0 aromatic heterocycles. The molecule has 0 spiro atoms. The molecule has 0 heterocycles. The number of amides is 2. The normalized spacial score (nSPS) is 9.96. The molecule has 8 heteroatoms. The molecule has 0 fully saturated rings. The van der Waals surface area contributed by atoms with Crippen LogP contribution in [0.4, 0.5) is 16.2 Å². The van der Waals surface area contributed by atoms with Crippen molar-refractivity contribution in [2.24, 2.45) is 0 Å². The lowest BCUT2D eigenvalue weighted by molar-refractivity contribution is -0.384. The zero-order valence-corrected chi connectivity index (χ0v) is 13.8. The van der Waals surface area contributed by atoms with Gasteiger partial charge in [0.25, 0.3) is 5.69 Å².